The molecule has 0 aliphatic carbocycles. The van der Waals surface area contributed by atoms with E-state index in [2.05, 4.69) is 32.8 Å². The number of anilines is 4. The van der Waals surface area contributed by atoms with Crippen LogP contribution in [0.4, 0.5) is 27.1 Å². The third kappa shape index (κ3) is 8.19. The number of amides is 3. The van der Waals surface area contributed by atoms with Crippen molar-refractivity contribution < 1.29 is 31.9 Å². The summed E-state index contributed by atoms with van der Waals surface area (Å²) >= 11 is 0. The van der Waals surface area contributed by atoms with Crippen molar-refractivity contribution >= 4 is 61.2 Å². The summed E-state index contributed by atoms with van der Waals surface area (Å²) in [6, 6.07) is 18.5. The highest BCUT2D eigenvalue weighted by atomic mass is 32.2. The zero-order chi connectivity index (χ0) is 41.4. The van der Waals surface area contributed by atoms with Crippen LogP contribution in [0.5, 0.6) is 5.75 Å². The van der Waals surface area contributed by atoms with Crippen molar-refractivity contribution in [1.82, 2.24) is 20.2 Å². The molecular formula is C43H40FN7O7S. The molecule has 0 saturated carbocycles. The normalized spacial score (nSPS) is 17.3. The molecular weight excluding hydrogens is 778 g/mol. The highest BCUT2D eigenvalue weighted by Gasteiger charge is 2.29. The fraction of sp³-hybridized carbons (Fsp3) is 0.279. The molecule has 8 rings (SSSR count). The van der Waals surface area contributed by atoms with Crippen LogP contribution in [0.15, 0.2) is 77.7 Å². The first-order valence-corrected chi connectivity index (χ1v) is 20.9. The largest absolute Gasteiger partial charge is 0.490 e. The maximum atomic E-state index is 16.1. The van der Waals surface area contributed by atoms with Crippen molar-refractivity contribution in [3.63, 3.8) is 0 Å². The van der Waals surface area contributed by atoms with Crippen molar-refractivity contribution in [3.05, 3.63) is 106 Å². The lowest BCUT2D eigenvalue weighted by Gasteiger charge is -2.35. The Balaban J connectivity index is 0.983. The van der Waals surface area contributed by atoms with E-state index in [1.165, 1.54) is 18.3 Å². The number of halogens is 1. The maximum absolute atomic E-state index is 16.1. The minimum Gasteiger partial charge on any atom is -0.490 e. The van der Waals surface area contributed by atoms with Crippen LogP contribution in [0, 0.1) is 24.6 Å². The van der Waals surface area contributed by atoms with Gasteiger partial charge in [0.05, 0.1) is 41.5 Å². The molecule has 3 amide bonds. The Labute approximate surface area is 339 Å². The summed E-state index contributed by atoms with van der Waals surface area (Å²) in [7, 11) is -1.42. The van der Waals surface area contributed by atoms with Crippen molar-refractivity contribution in [1.29, 1.82) is 0 Å². The molecule has 5 heterocycles. The van der Waals surface area contributed by atoms with E-state index in [0.717, 1.165) is 16.8 Å². The predicted octanol–water partition coefficient (Wildman–Crippen LogP) is 3.81. The Bertz CT molecular complexity index is 2770. The molecule has 3 N–H and O–H groups in total. The van der Waals surface area contributed by atoms with Crippen LogP contribution in [0.1, 0.15) is 34.5 Å². The molecule has 0 bridgehead atoms. The Kier molecular flexibility index (Phi) is 10.5. The first-order chi connectivity index (χ1) is 28.3. The van der Waals surface area contributed by atoms with Gasteiger partial charge < -0.3 is 29.7 Å². The molecule has 2 aromatic heterocycles. The van der Waals surface area contributed by atoms with Gasteiger partial charge in [-0.15, -0.1) is 0 Å². The van der Waals surface area contributed by atoms with Crippen molar-refractivity contribution in [3.8, 4) is 28.7 Å². The second-order valence-electron chi connectivity index (χ2n) is 14.7. The SMILES string of the molecule is Cc1cc2c(N3CCOc4cc(-c5ccc(C(=O)NCC#Cc6cccc(NC7CCC(=O)NC7=O)c6)nc5)c(F)cc43)cc(N3CCS(=O)(=O)CC3)cc2n(C)c1=O. The molecule has 3 aliphatic heterocycles. The first-order valence-electron chi connectivity index (χ1n) is 19.1. The summed E-state index contributed by atoms with van der Waals surface area (Å²) in [5.74, 6) is 4.75. The number of ether oxygens (including phenoxy) is 1. The van der Waals surface area contributed by atoms with E-state index in [0.29, 0.717) is 72.0 Å². The van der Waals surface area contributed by atoms with E-state index < -0.39 is 27.6 Å². The summed E-state index contributed by atoms with van der Waals surface area (Å²) in [6.45, 7) is 3.11. The predicted molar refractivity (Wildman–Crippen MR) is 222 cm³/mol. The van der Waals surface area contributed by atoms with Gasteiger partial charge in [-0.05, 0) is 61.9 Å². The molecule has 0 spiro atoms. The number of piperidine rings is 1. The van der Waals surface area contributed by atoms with Gasteiger partial charge in [-0.1, -0.05) is 24.0 Å². The number of nitrogens with zero attached hydrogens (tertiary/aromatic N) is 4. The van der Waals surface area contributed by atoms with Crippen LogP contribution >= 0.6 is 0 Å². The highest BCUT2D eigenvalue weighted by molar-refractivity contribution is 7.91. The number of rotatable bonds is 7. The van der Waals surface area contributed by atoms with E-state index >= 15 is 4.39 Å². The number of carbonyl (C=O) groups is 3. The summed E-state index contributed by atoms with van der Waals surface area (Å²) in [5.41, 5.74) is 5.19. The van der Waals surface area contributed by atoms with E-state index in [4.69, 9.17) is 4.74 Å². The number of sulfone groups is 1. The average molecular weight is 818 g/mol. The summed E-state index contributed by atoms with van der Waals surface area (Å²) in [6.07, 6.45) is 2.08. The number of nitrogens with one attached hydrogen (secondary N) is 3. The Morgan fingerprint density at radius 3 is 2.59 bits per heavy atom. The van der Waals surface area contributed by atoms with Gasteiger partial charge in [0, 0.05) is 77.8 Å². The lowest BCUT2D eigenvalue weighted by atomic mass is 10.0. The molecule has 59 heavy (non-hydrogen) atoms. The van der Waals surface area contributed by atoms with E-state index in [9.17, 15) is 27.6 Å². The molecule has 1 unspecified atom stereocenters. The third-order valence-electron chi connectivity index (χ3n) is 10.7. The van der Waals surface area contributed by atoms with Crippen LogP contribution < -0.4 is 36.0 Å². The summed E-state index contributed by atoms with van der Waals surface area (Å²) in [4.78, 5) is 57.7. The first kappa shape index (κ1) is 39.1. The molecule has 3 aliphatic rings. The van der Waals surface area contributed by atoms with Gasteiger partial charge in [0.2, 0.25) is 11.8 Å². The van der Waals surface area contributed by atoms with Crippen LogP contribution in [0.2, 0.25) is 0 Å². The number of fused-ring (bicyclic) bond motifs is 2. The summed E-state index contributed by atoms with van der Waals surface area (Å²) < 4.78 is 48.2. The van der Waals surface area contributed by atoms with Crippen molar-refractivity contribution in [2.24, 2.45) is 7.05 Å². The standard InChI is InChI=1S/C43H40FN7O7S/c1-26-19-32-36(49(2)43(26)55)21-30(50-14-17-59(56,57)18-15-50)22-37(32)51-13-16-58-39-23-31(33(44)24-38(39)51)28-8-9-34(46-25-28)41(53)45-12-4-6-27-5-3-7-29(20-27)47-35-10-11-40(52)48-42(35)54/h3,5,7-9,19-25,35,47H,10-18H2,1-2H3,(H,45,53)(H,48,52,54). The number of benzene rings is 3. The second kappa shape index (κ2) is 15.9. The van der Waals surface area contributed by atoms with Crippen LogP contribution in [-0.2, 0) is 26.5 Å². The number of pyridine rings is 2. The van der Waals surface area contributed by atoms with Gasteiger partial charge in [-0.3, -0.25) is 29.5 Å². The Morgan fingerprint density at radius 2 is 1.83 bits per heavy atom. The van der Waals surface area contributed by atoms with Gasteiger partial charge in [-0.2, -0.15) is 0 Å². The van der Waals surface area contributed by atoms with Gasteiger partial charge in [-0.25, -0.2) is 12.8 Å². The fourth-order valence-electron chi connectivity index (χ4n) is 7.54. The molecule has 1 atom stereocenters. The molecule has 0 radical (unpaired) electrons. The molecule has 16 heteroatoms. The lowest BCUT2D eigenvalue weighted by Crippen LogP contribution is -2.47. The average Bonchev–Trinajstić information content (AvgIpc) is 3.22. The molecule has 5 aromatic rings. The zero-order valence-electron chi connectivity index (χ0n) is 32.3. The minimum absolute atomic E-state index is 0.0304. The highest BCUT2D eigenvalue weighted by Crippen LogP contribution is 2.44. The molecule has 3 aromatic carbocycles. The topological polar surface area (TPSA) is 172 Å². The number of carbonyl (C=O) groups excluding carboxylic acids is 3. The Morgan fingerprint density at radius 1 is 1.02 bits per heavy atom. The molecule has 2 saturated heterocycles. The second-order valence-corrected chi connectivity index (χ2v) is 17.0. The molecule has 2 fully saturated rings. The van der Waals surface area contributed by atoms with Crippen LogP contribution in [0.3, 0.4) is 0 Å². The maximum Gasteiger partial charge on any atom is 0.270 e. The number of hydrogen-bond acceptors (Lipinski definition) is 11. The lowest BCUT2D eigenvalue weighted by molar-refractivity contribution is -0.133. The van der Waals surface area contributed by atoms with Gasteiger partial charge >= 0.3 is 0 Å². The molecule has 302 valence electrons. The Hall–Kier alpha value is -6.73. The van der Waals surface area contributed by atoms with E-state index in [1.54, 1.807) is 54.9 Å². The quantitative estimate of drug-likeness (QED) is 0.161. The van der Waals surface area contributed by atoms with Crippen LogP contribution in [-0.4, -0.2) is 86.0 Å². The van der Waals surface area contributed by atoms with E-state index in [-0.39, 0.29) is 53.1 Å². The minimum atomic E-state index is -3.13. The third-order valence-corrected chi connectivity index (χ3v) is 12.3. The number of aromatic nitrogens is 2. The fourth-order valence-corrected chi connectivity index (χ4v) is 8.74. The number of imide groups is 1. The van der Waals surface area contributed by atoms with Crippen molar-refractivity contribution in [2.45, 2.75) is 25.8 Å². The smallest absolute Gasteiger partial charge is 0.270 e. The van der Waals surface area contributed by atoms with Gasteiger partial charge in [0.25, 0.3) is 11.5 Å². The number of hydrogen-bond donors (Lipinski definition) is 3. The monoisotopic (exact) mass is 817 g/mol. The van der Waals surface area contributed by atoms with E-state index in [1.807, 2.05) is 28.0 Å². The van der Waals surface area contributed by atoms with Gasteiger partial charge in [0.15, 0.2) is 9.84 Å². The van der Waals surface area contributed by atoms with Crippen molar-refractivity contribution in [2.75, 3.05) is 59.4 Å². The zero-order valence-corrected chi connectivity index (χ0v) is 33.1. The number of aryl methyl sites for hydroxylation is 2. The molecule has 14 nitrogen and oxygen atoms in total. The van der Waals surface area contributed by atoms with Crippen LogP contribution in [0.25, 0.3) is 22.0 Å². The summed E-state index contributed by atoms with van der Waals surface area (Å²) in [5, 5.41) is 8.95. The van der Waals surface area contributed by atoms with Gasteiger partial charge in [0.1, 0.15) is 29.9 Å².